The second kappa shape index (κ2) is 7.81. The maximum Gasteiger partial charge on any atom is 0.00720 e. The van der Waals surface area contributed by atoms with Gasteiger partial charge in [-0.05, 0) is 24.5 Å². The summed E-state index contributed by atoms with van der Waals surface area (Å²) in [5.74, 6) is 2.18. The van der Waals surface area contributed by atoms with Crippen molar-refractivity contribution in [2.75, 3.05) is 5.75 Å². The fourth-order valence-corrected chi connectivity index (χ4v) is 2.81. The molecule has 0 amide bonds. The zero-order chi connectivity index (χ0) is 10.9. The number of unbranched alkanes of at least 4 members (excludes halogenated alkanes) is 1. The molecule has 0 aromatic heterocycles. The highest BCUT2D eigenvalue weighted by atomic mass is 32.2. The Bertz CT molecular complexity index is 243. The summed E-state index contributed by atoms with van der Waals surface area (Å²) in [7, 11) is 0. The van der Waals surface area contributed by atoms with Crippen molar-refractivity contribution in [1.82, 2.24) is 0 Å². The van der Waals surface area contributed by atoms with Gasteiger partial charge in [-0.2, -0.15) is 0 Å². The van der Waals surface area contributed by atoms with Gasteiger partial charge in [0.15, 0.2) is 0 Å². The maximum atomic E-state index is 2.31. The van der Waals surface area contributed by atoms with Crippen LogP contribution in [0.15, 0.2) is 35.2 Å². The molecule has 0 fully saturated rings. The van der Waals surface area contributed by atoms with Gasteiger partial charge in [-0.15, -0.1) is 11.8 Å². The molecule has 0 radical (unpaired) electrons. The van der Waals surface area contributed by atoms with Crippen LogP contribution < -0.4 is 0 Å². The molecule has 1 aromatic carbocycles. The lowest BCUT2D eigenvalue weighted by Gasteiger charge is -2.13. The summed E-state index contributed by atoms with van der Waals surface area (Å²) in [6, 6.07) is 10.7. The predicted octanol–water partition coefficient (Wildman–Crippen LogP) is 5.00. The third kappa shape index (κ3) is 5.27. The van der Waals surface area contributed by atoms with E-state index in [9.17, 15) is 0 Å². The van der Waals surface area contributed by atoms with Gasteiger partial charge in [-0.3, -0.25) is 0 Å². The zero-order valence-corrected chi connectivity index (χ0v) is 10.7. The van der Waals surface area contributed by atoms with E-state index >= 15 is 0 Å². The molecule has 1 atom stereocenters. The summed E-state index contributed by atoms with van der Waals surface area (Å²) < 4.78 is 0. The summed E-state index contributed by atoms with van der Waals surface area (Å²) in [6.45, 7) is 4.59. The third-order valence-electron chi connectivity index (χ3n) is 2.77. The van der Waals surface area contributed by atoms with E-state index in [4.69, 9.17) is 0 Å². The topological polar surface area (TPSA) is 0 Å². The number of hydrogen-bond acceptors (Lipinski definition) is 1. The quantitative estimate of drug-likeness (QED) is 0.585. The Labute approximate surface area is 98.5 Å². The molecule has 0 aliphatic heterocycles. The third-order valence-corrected chi connectivity index (χ3v) is 4.02. The van der Waals surface area contributed by atoms with E-state index in [-0.39, 0.29) is 0 Å². The molecule has 1 rings (SSSR count). The van der Waals surface area contributed by atoms with Crippen molar-refractivity contribution in [3.63, 3.8) is 0 Å². The minimum atomic E-state index is 0.898. The van der Waals surface area contributed by atoms with E-state index in [0.717, 1.165) is 5.92 Å². The first-order valence-electron chi connectivity index (χ1n) is 6.04. The van der Waals surface area contributed by atoms with Crippen LogP contribution in [0.1, 0.15) is 39.5 Å². The Balaban J connectivity index is 2.28. The Hall–Kier alpha value is -0.430. The van der Waals surface area contributed by atoms with Gasteiger partial charge in [0.2, 0.25) is 0 Å². The van der Waals surface area contributed by atoms with E-state index in [0.29, 0.717) is 0 Å². The zero-order valence-electron chi connectivity index (χ0n) is 9.91. The SMILES string of the molecule is CCCCC(CC)CSc1ccccc1. The second-order valence-electron chi connectivity index (χ2n) is 4.04. The van der Waals surface area contributed by atoms with E-state index in [1.165, 1.54) is 36.3 Å². The lowest BCUT2D eigenvalue weighted by Crippen LogP contribution is -2.01. The molecule has 1 heteroatoms. The van der Waals surface area contributed by atoms with Gasteiger partial charge in [0.25, 0.3) is 0 Å². The Morgan fingerprint density at radius 1 is 1.13 bits per heavy atom. The summed E-state index contributed by atoms with van der Waals surface area (Å²) in [4.78, 5) is 1.41. The lowest BCUT2D eigenvalue weighted by molar-refractivity contribution is 0.499. The van der Waals surface area contributed by atoms with Crippen LogP contribution in [-0.2, 0) is 0 Å². The van der Waals surface area contributed by atoms with Crippen molar-refractivity contribution in [3.8, 4) is 0 Å². The highest BCUT2D eigenvalue weighted by Crippen LogP contribution is 2.24. The Morgan fingerprint density at radius 3 is 2.47 bits per heavy atom. The number of thioether (sulfide) groups is 1. The first-order valence-corrected chi connectivity index (χ1v) is 7.03. The summed E-state index contributed by atoms with van der Waals surface area (Å²) >= 11 is 2.00. The molecule has 0 nitrogen and oxygen atoms in total. The van der Waals surface area contributed by atoms with Crippen molar-refractivity contribution < 1.29 is 0 Å². The number of hydrogen-bond donors (Lipinski definition) is 0. The van der Waals surface area contributed by atoms with Crippen LogP contribution in [0, 0.1) is 5.92 Å². The molecular weight excluding hydrogens is 200 g/mol. The first-order chi connectivity index (χ1) is 7.36. The van der Waals surface area contributed by atoms with E-state index < -0.39 is 0 Å². The van der Waals surface area contributed by atoms with Gasteiger partial charge >= 0.3 is 0 Å². The molecule has 0 aliphatic rings. The predicted molar refractivity (Wildman–Crippen MR) is 70.5 cm³/mol. The maximum absolute atomic E-state index is 2.31. The van der Waals surface area contributed by atoms with Gasteiger partial charge in [-0.25, -0.2) is 0 Å². The van der Waals surface area contributed by atoms with Gasteiger partial charge in [0.05, 0.1) is 0 Å². The molecule has 0 bridgehead atoms. The molecule has 0 N–H and O–H groups in total. The molecule has 0 aliphatic carbocycles. The molecule has 1 aromatic rings. The molecule has 0 saturated carbocycles. The minimum Gasteiger partial charge on any atom is -0.126 e. The highest BCUT2D eigenvalue weighted by molar-refractivity contribution is 7.99. The van der Waals surface area contributed by atoms with Crippen molar-refractivity contribution in [3.05, 3.63) is 30.3 Å². The van der Waals surface area contributed by atoms with Crippen LogP contribution in [0.5, 0.6) is 0 Å². The Morgan fingerprint density at radius 2 is 1.87 bits per heavy atom. The summed E-state index contributed by atoms with van der Waals surface area (Å²) in [6.07, 6.45) is 5.42. The second-order valence-corrected chi connectivity index (χ2v) is 5.13. The first kappa shape index (κ1) is 12.6. The molecule has 15 heavy (non-hydrogen) atoms. The lowest BCUT2D eigenvalue weighted by atomic mass is 10.0. The monoisotopic (exact) mass is 222 g/mol. The molecule has 84 valence electrons. The standard InChI is InChI=1S/C14H22S/c1-3-5-9-13(4-2)12-15-14-10-7-6-8-11-14/h6-8,10-11,13H,3-5,9,12H2,1-2H3. The molecule has 0 spiro atoms. The average Bonchev–Trinajstić information content (AvgIpc) is 2.31. The number of benzene rings is 1. The summed E-state index contributed by atoms with van der Waals surface area (Å²) in [5, 5.41) is 0. The van der Waals surface area contributed by atoms with Crippen LogP contribution in [0.4, 0.5) is 0 Å². The molecule has 1 unspecified atom stereocenters. The van der Waals surface area contributed by atoms with Crippen molar-refractivity contribution in [2.24, 2.45) is 5.92 Å². The average molecular weight is 222 g/mol. The van der Waals surface area contributed by atoms with Crippen LogP contribution in [-0.4, -0.2) is 5.75 Å². The summed E-state index contributed by atoms with van der Waals surface area (Å²) in [5.41, 5.74) is 0. The number of rotatable bonds is 7. The smallest absolute Gasteiger partial charge is 0.00720 e. The van der Waals surface area contributed by atoms with Crippen LogP contribution in [0.25, 0.3) is 0 Å². The van der Waals surface area contributed by atoms with Gasteiger partial charge in [-0.1, -0.05) is 51.3 Å². The van der Waals surface area contributed by atoms with Gasteiger partial charge in [0, 0.05) is 10.6 Å². The normalized spacial score (nSPS) is 12.7. The van der Waals surface area contributed by atoms with E-state index in [1.807, 2.05) is 11.8 Å². The van der Waals surface area contributed by atoms with Gasteiger partial charge in [0.1, 0.15) is 0 Å². The molecular formula is C14H22S. The molecule has 0 saturated heterocycles. The van der Waals surface area contributed by atoms with Crippen molar-refractivity contribution >= 4 is 11.8 Å². The van der Waals surface area contributed by atoms with Crippen molar-refractivity contribution in [1.29, 1.82) is 0 Å². The fourth-order valence-electron chi connectivity index (χ4n) is 1.63. The fraction of sp³-hybridized carbons (Fsp3) is 0.571. The van der Waals surface area contributed by atoms with E-state index in [2.05, 4.69) is 44.2 Å². The van der Waals surface area contributed by atoms with Crippen molar-refractivity contribution in [2.45, 2.75) is 44.4 Å². The largest absolute Gasteiger partial charge is 0.126 e. The highest BCUT2D eigenvalue weighted by Gasteiger charge is 2.05. The van der Waals surface area contributed by atoms with Gasteiger partial charge < -0.3 is 0 Å². The minimum absolute atomic E-state index is 0.898. The van der Waals surface area contributed by atoms with Crippen LogP contribution >= 0.6 is 11.8 Å². The van der Waals surface area contributed by atoms with E-state index in [1.54, 1.807) is 0 Å². The Kier molecular flexibility index (Phi) is 6.58. The van der Waals surface area contributed by atoms with Crippen LogP contribution in [0.3, 0.4) is 0 Å². The van der Waals surface area contributed by atoms with Crippen LogP contribution in [0.2, 0.25) is 0 Å². The molecule has 0 heterocycles.